The predicted octanol–water partition coefficient (Wildman–Crippen LogP) is 2.00. The maximum Gasteiger partial charge on any atom is 0.355 e. The van der Waals surface area contributed by atoms with E-state index in [1.807, 2.05) is 25.1 Å². The molecule has 0 aliphatic carbocycles. The number of benzene rings is 2. The van der Waals surface area contributed by atoms with Gasteiger partial charge in [0.05, 0.1) is 6.54 Å². The Labute approximate surface area is 172 Å². The highest BCUT2D eigenvalue weighted by Crippen LogP contribution is 2.15. The van der Waals surface area contributed by atoms with Crippen LogP contribution < -0.4 is 16.2 Å². The fourth-order valence-electron chi connectivity index (χ4n) is 2.90. The van der Waals surface area contributed by atoms with Crippen LogP contribution in [0.1, 0.15) is 23.0 Å². The monoisotopic (exact) mass is 407 g/mol. The Bertz CT molecular complexity index is 1150. The number of rotatable bonds is 7. The molecule has 2 aromatic carbocycles. The number of aryl methyl sites for hydroxylation is 1. The Morgan fingerprint density at radius 2 is 1.73 bits per heavy atom. The lowest BCUT2D eigenvalue weighted by Crippen LogP contribution is -2.35. The van der Waals surface area contributed by atoms with E-state index >= 15 is 0 Å². The summed E-state index contributed by atoms with van der Waals surface area (Å²) in [5.74, 6) is -1.87. The molecule has 0 aliphatic rings. The third-order valence-corrected chi connectivity index (χ3v) is 4.43. The van der Waals surface area contributed by atoms with Crippen molar-refractivity contribution in [3.63, 3.8) is 0 Å². The number of pyridine rings is 1. The third kappa shape index (κ3) is 5.11. The lowest BCUT2D eigenvalue weighted by atomic mass is 10.1. The van der Waals surface area contributed by atoms with Crippen LogP contribution in [0, 0.1) is 0 Å². The first kappa shape index (κ1) is 20.8. The number of anilines is 1. The van der Waals surface area contributed by atoms with Gasteiger partial charge in [-0.2, -0.15) is 0 Å². The summed E-state index contributed by atoms with van der Waals surface area (Å²) >= 11 is 0. The number of carbonyl (C=O) groups excluding carboxylic acids is 3. The molecule has 1 aromatic heterocycles. The second-order valence-corrected chi connectivity index (χ2v) is 6.51. The standard InChI is InChI=1S/C22H21N3O5/c1-2-14-7-4-6-10-17(14)24-19(26)12-23-20(27)13-30-22(29)18-11-15-8-3-5-9-16(15)21(28)25-18/h3-11H,2,12-13H2,1H3,(H,23,27)(H,24,26)(H,25,28). The van der Waals surface area contributed by atoms with Crippen LogP contribution in [0.4, 0.5) is 5.69 Å². The molecular formula is C22H21N3O5. The molecule has 8 nitrogen and oxygen atoms in total. The third-order valence-electron chi connectivity index (χ3n) is 4.43. The number of hydrogen-bond acceptors (Lipinski definition) is 5. The molecule has 0 bridgehead atoms. The van der Waals surface area contributed by atoms with Crippen LogP contribution in [0.2, 0.25) is 0 Å². The number of aromatic nitrogens is 1. The first-order valence-corrected chi connectivity index (χ1v) is 9.41. The topological polar surface area (TPSA) is 117 Å². The van der Waals surface area contributed by atoms with Crippen LogP contribution >= 0.6 is 0 Å². The van der Waals surface area contributed by atoms with Crippen molar-refractivity contribution >= 4 is 34.2 Å². The Balaban J connectivity index is 1.50. The van der Waals surface area contributed by atoms with Gasteiger partial charge in [0.15, 0.2) is 6.61 Å². The molecule has 0 radical (unpaired) electrons. The first-order valence-electron chi connectivity index (χ1n) is 9.41. The molecule has 8 heteroatoms. The lowest BCUT2D eigenvalue weighted by molar-refractivity contribution is -0.126. The Morgan fingerprint density at radius 1 is 1.00 bits per heavy atom. The summed E-state index contributed by atoms with van der Waals surface area (Å²) in [5, 5.41) is 6.15. The van der Waals surface area contributed by atoms with E-state index in [9.17, 15) is 19.2 Å². The second kappa shape index (κ2) is 9.51. The number of nitrogens with one attached hydrogen (secondary N) is 3. The van der Waals surface area contributed by atoms with Gasteiger partial charge in [0.1, 0.15) is 5.69 Å². The summed E-state index contributed by atoms with van der Waals surface area (Å²) in [6, 6.07) is 15.7. The Hall–Kier alpha value is -3.94. The maximum atomic E-state index is 12.1. The summed E-state index contributed by atoms with van der Waals surface area (Å²) in [6.07, 6.45) is 0.760. The number of carbonyl (C=O) groups is 3. The minimum Gasteiger partial charge on any atom is -0.451 e. The summed E-state index contributed by atoms with van der Waals surface area (Å²) in [4.78, 5) is 50.5. The minimum absolute atomic E-state index is 0.0552. The highest BCUT2D eigenvalue weighted by atomic mass is 16.5. The number of ether oxygens (including phenoxy) is 1. The fraction of sp³-hybridized carbons (Fsp3) is 0.182. The molecule has 0 saturated heterocycles. The molecule has 3 rings (SSSR count). The van der Waals surface area contributed by atoms with Crippen LogP contribution in [-0.4, -0.2) is 35.9 Å². The lowest BCUT2D eigenvalue weighted by Gasteiger charge is -2.10. The van der Waals surface area contributed by atoms with E-state index in [1.54, 1.807) is 30.3 Å². The van der Waals surface area contributed by atoms with Crippen LogP contribution in [-0.2, 0) is 20.7 Å². The largest absolute Gasteiger partial charge is 0.451 e. The number of amides is 2. The van der Waals surface area contributed by atoms with Crippen molar-refractivity contribution in [2.75, 3.05) is 18.5 Å². The molecule has 0 fully saturated rings. The van der Waals surface area contributed by atoms with Gasteiger partial charge in [-0.05, 0) is 35.6 Å². The van der Waals surface area contributed by atoms with Gasteiger partial charge >= 0.3 is 5.97 Å². The zero-order chi connectivity index (χ0) is 21.5. The number of aromatic amines is 1. The quantitative estimate of drug-likeness (QED) is 0.518. The van der Waals surface area contributed by atoms with E-state index in [2.05, 4.69) is 15.6 Å². The predicted molar refractivity (Wildman–Crippen MR) is 112 cm³/mol. The number of para-hydroxylation sites is 1. The van der Waals surface area contributed by atoms with Crippen molar-refractivity contribution in [2.24, 2.45) is 0 Å². The maximum absolute atomic E-state index is 12.1. The molecule has 154 valence electrons. The molecule has 0 unspecified atom stereocenters. The zero-order valence-electron chi connectivity index (χ0n) is 16.4. The normalized spacial score (nSPS) is 10.4. The van der Waals surface area contributed by atoms with Gasteiger partial charge in [0, 0.05) is 11.1 Å². The van der Waals surface area contributed by atoms with Crippen molar-refractivity contribution in [1.29, 1.82) is 0 Å². The van der Waals surface area contributed by atoms with E-state index in [0.29, 0.717) is 16.5 Å². The van der Waals surface area contributed by atoms with Gasteiger partial charge in [-0.25, -0.2) is 4.79 Å². The Kier molecular flexibility index (Phi) is 6.59. The molecule has 30 heavy (non-hydrogen) atoms. The van der Waals surface area contributed by atoms with Gasteiger partial charge in [0.2, 0.25) is 5.91 Å². The van der Waals surface area contributed by atoms with Crippen LogP contribution in [0.15, 0.2) is 59.4 Å². The number of H-pyrrole nitrogens is 1. The molecule has 0 aliphatic heterocycles. The van der Waals surface area contributed by atoms with Crippen molar-refractivity contribution in [2.45, 2.75) is 13.3 Å². The van der Waals surface area contributed by atoms with E-state index in [4.69, 9.17) is 4.74 Å². The fourth-order valence-corrected chi connectivity index (χ4v) is 2.90. The highest BCUT2D eigenvalue weighted by molar-refractivity contribution is 5.96. The van der Waals surface area contributed by atoms with Gasteiger partial charge in [-0.3, -0.25) is 14.4 Å². The van der Waals surface area contributed by atoms with Gasteiger partial charge in [0.25, 0.3) is 11.5 Å². The molecular weight excluding hydrogens is 386 g/mol. The average molecular weight is 407 g/mol. The van der Waals surface area contributed by atoms with Gasteiger partial charge in [-0.1, -0.05) is 43.3 Å². The van der Waals surface area contributed by atoms with Crippen molar-refractivity contribution in [1.82, 2.24) is 10.3 Å². The summed E-state index contributed by atoms with van der Waals surface area (Å²) in [7, 11) is 0. The van der Waals surface area contributed by atoms with Gasteiger partial charge < -0.3 is 20.4 Å². The summed E-state index contributed by atoms with van der Waals surface area (Å²) in [5.41, 5.74) is 1.19. The molecule has 0 spiro atoms. The molecule has 1 heterocycles. The Morgan fingerprint density at radius 3 is 2.53 bits per heavy atom. The number of hydrogen-bond donors (Lipinski definition) is 3. The SMILES string of the molecule is CCc1ccccc1NC(=O)CNC(=O)COC(=O)c1cc2ccccc2c(=O)[nH]1. The van der Waals surface area contributed by atoms with E-state index in [1.165, 1.54) is 6.07 Å². The first-order chi connectivity index (χ1) is 14.5. The second-order valence-electron chi connectivity index (χ2n) is 6.51. The number of fused-ring (bicyclic) bond motifs is 1. The molecule has 3 N–H and O–H groups in total. The molecule has 0 atom stereocenters. The minimum atomic E-state index is -0.839. The molecule has 2 amide bonds. The van der Waals surface area contributed by atoms with E-state index in [0.717, 1.165) is 12.0 Å². The molecule has 3 aromatic rings. The summed E-state index contributed by atoms with van der Waals surface area (Å²) < 4.78 is 4.93. The van der Waals surface area contributed by atoms with Crippen molar-refractivity contribution < 1.29 is 19.1 Å². The summed E-state index contributed by atoms with van der Waals surface area (Å²) in [6.45, 7) is 1.14. The van der Waals surface area contributed by atoms with Gasteiger partial charge in [-0.15, -0.1) is 0 Å². The van der Waals surface area contributed by atoms with E-state index < -0.39 is 29.9 Å². The smallest absolute Gasteiger partial charge is 0.355 e. The van der Waals surface area contributed by atoms with Crippen molar-refractivity contribution in [3.05, 3.63) is 76.2 Å². The average Bonchev–Trinajstić information content (AvgIpc) is 2.76. The highest BCUT2D eigenvalue weighted by Gasteiger charge is 2.14. The van der Waals surface area contributed by atoms with Crippen molar-refractivity contribution in [3.8, 4) is 0 Å². The molecule has 0 saturated carbocycles. The van der Waals surface area contributed by atoms with E-state index in [-0.39, 0.29) is 12.2 Å². The number of esters is 1. The van der Waals surface area contributed by atoms with Crippen LogP contribution in [0.5, 0.6) is 0 Å². The zero-order valence-corrected chi connectivity index (χ0v) is 16.4. The van der Waals surface area contributed by atoms with Crippen LogP contribution in [0.25, 0.3) is 10.8 Å². The van der Waals surface area contributed by atoms with Crippen LogP contribution in [0.3, 0.4) is 0 Å².